The summed E-state index contributed by atoms with van der Waals surface area (Å²) in [6.45, 7) is 4.19. The number of methoxy groups -OCH3 is 1. The minimum absolute atomic E-state index is 0.408. The fraction of sp³-hybridized carbons (Fsp3) is 0.571. The Morgan fingerprint density at radius 2 is 2.11 bits per heavy atom. The largest absolute Gasteiger partial charge is 0.496 e. The van der Waals surface area contributed by atoms with Crippen molar-refractivity contribution >= 4 is 15.9 Å². The lowest BCUT2D eigenvalue weighted by Gasteiger charge is -2.23. The maximum atomic E-state index is 5.93. The van der Waals surface area contributed by atoms with Gasteiger partial charge < -0.3 is 15.4 Å². The maximum absolute atomic E-state index is 5.93. The van der Waals surface area contributed by atoms with E-state index in [1.165, 1.54) is 31.5 Å². The normalized spacial score (nSPS) is 17.9. The van der Waals surface area contributed by atoms with Gasteiger partial charge in [0.1, 0.15) is 5.75 Å². The van der Waals surface area contributed by atoms with Gasteiger partial charge in [0, 0.05) is 19.0 Å². The molecule has 1 heterocycles. The summed E-state index contributed by atoms with van der Waals surface area (Å²) in [6.07, 6.45) is 2.65. The number of ether oxygens (including phenoxy) is 1. The molecule has 2 rings (SSSR count). The first-order valence-electron chi connectivity index (χ1n) is 6.50. The van der Waals surface area contributed by atoms with Gasteiger partial charge in [-0.2, -0.15) is 0 Å². The second-order valence-electron chi connectivity index (χ2n) is 4.83. The first-order valence-corrected chi connectivity index (χ1v) is 7.29. The molecule has 1 saturated heterocycles. The molecule has 0 radical (unpaired) electrons. The van der Waals surface area contributed by atoms with Gasteiger partial charge in [0.2, 0.25) is 0 Å². The average molecular weight is 313 g/mol. The lowest BCUT2D eigenvalue weighted by molar-refractivity contribution is 0.315. The molecule has 100 valence electrons. The zero-order valence-corrected chi connectivity index (χ0v) is 12.4. The van der Waals surface area contributed by atoms with Crippen LogP contribution in [0.15, 0.2) is 22.7 Å². The van der Waals surface area contributed by atoms with Crippen molar-refractivity contribution < 1.29 is 4.74 Å². The Morgan fingerprint density at radius 1 is 1.39 bits per heavy atom. The van der Waals surface area contributed by atoms with Crippen LogP contribution in [0.5, 0.6) is 5.75 Å². The van der Waals surface area contributed by atoms with Crippen LogP contribution < -0.4 is 10.5 Å². The van der Waals surface area contributed by atoms with Gasteiger partial charge in [-0.1, -0.05) is 6.07 Å². The minimum Gasteiger partial charge on any atom is -0.496 e. The van der Waals surface area contributed by atoms with Crippen LogP contribution in [0.3, 0.4) is 0 Å². The monoisotopic (exact) mass is 312 g/mol. The van der Waals surface area contributed by atoms with Gasteiger partial charge in [-0.3, -0.25) is 0 Å². The van der Waals surface area contributed by atoms with E-state index >= 15 is 0 Å². The lowest BCUT2D eigenvalue weighted by atomic mass is 9.98. The van der Waals surface area contributed by atoms with Gasteiger partial charge in [0.05, 0.1) is 11.6 Å². The van der Waals surface area contributed by atoms with Gasteiger partial charge in [-0.15, -0.1) is 0 Å². The molecule has 0 amide bonds. The Labute approximate surface area is 117 Å². The summed E-state index contributed by atoms with van der Waals surface area (Å²) in [5, 5.41) is 0. The van der Waals surface area contributed by atoms with Gasteiger partial charge in [-0.25, -0.2) is 0 Å². The topological polar surface area (TPSA) is 38.5 Å². The molecule has 0 saturated carbocycles. The number of rotatable bonds is 5. The van der Waals surface area contributed by atoms with E-state index in [0.717, 1.165) is 16.8 Å². The molecule has 2 N–H and O–H groups in total. The number of likely N-dealkylation sites (tertiary alicyclic amines) is 1. The maximum Gasteiger partial charge on any atom is 0.133 e. The molecule has 1 unspecified atom stereocenters. The summed E-state index contributed by atoms with van der Waals surface area (Å²) in [4.78, 5) is 2.51. The van der Waals surface area contributed by atoms with Gasteiger partial charge in [0.25, 0.3) is 0 Å². The molecule has 0 bridgehead atoms. The molecule has 3 nitrogen and oxygen atoms in total. The molecule has 1 aliphatic heterocycles. The standard InChI is InChI=1S/C14H21BrN2O/c1-18-14-5-4-11(8-13(14)15)12(9-16)10-17-6-2-3-7-17/h4-5,8,12H,2-3,6-7,9-10,16H2,1H3. The van der Waals surface area contributed by atoms with E-state index in [0.29, 0.717) is 12.5 Å². The van der Waals surface area contributed by atoms with Crippen molar-refractivity contribution in [2.24, 2.45) is 5.73 Å². The van der Waals surface area contributed by atoms with Crippen molar-refractivity contribution in [2.75, 3.05) is 33.3 Å². The quantitative estimate of drug-likeness (QED) is 0.908. The first kappa shape index (κ1) is 13.8. The predicted molar refractivity (Wildman–Crippen MR) is 78.2 cm³/mol. The Kier molecular flexibility index (Phi) is 5.03. The van der Waals surface area contributed by atoms with E-state index in [-0.39, 0.29) is 0 Å². The molecule has 1 aromatic rings. The SMILES string of the molecule is COc1ccc(C(CN)CN2CCCC2)cc1Br. The third kappa shape index (κ3) is 3.25. The predicted octanol–water partition coefficient (Wildman–Crippen LogP) is 2.60. The van der Waals surface area contributed by atoms with Crippen LogP contribution in [0.1, 0.15) is 24.3 Å². The fourth-order valence-electron chi connectivity index (χ4n) is 2.53. The van der Waals surface area contributed by atoms with Gasteiger partial charge >= 0.3 is 0 Å². The van der Waals surface area contributed by atoms with Crippen molar-refractivity contribution in [3.8, 4) is 5.75 Å². The van der Waals surface area contributed by atoms with E-state index in [1.54, 1.807) is 7.11 Å². The Hall–Kier alpha value is -0.580. The number of benzene rings is 1. The van der Waals surface area contributed by atoms with Crippen molar-refractivity contribution in [3.05, 3.63) is 28.2 Å². The Balaban J connectivity index is 2.08. The molecule has 1 atom stereocenters. The molecule has 18 heavy (non-hydrogen) atoms. The average Bonchev–Trinajstić information content (AvgIpc) is 2.88. The van der Waals surface area contributed by atoms with Crippen LogP contribution in [0, 0.1) is 0 Å². The number of halogens is 1. The van der Waals surface area contributed by atoms with Crippen LogP contribution in [-0.2, 0) is 0 Å². The fourth-order valence-corrected chi connectivity index (χ4v) is 3.09. The lowest BCUT2D eigenvalue weighted by Crippen LogP contribution is -2.29. The summed E-state index contributed by atoms with van der Waals surface area (Å²) in [5.74, 6) is 1.28. The molecule has 1 aromatic carbocycles. The molecule has 0 aliphatic carbocycles. The summed E-state index contributed by atoms with van der Waals surface area (Å²) in [6, 6.07) is 6.26. The molecule has 1 fully saturated rings. The first-order chi connectivity index (χ1) is 8.74. The summed E-state index contributed by atoms with van der Waals surface area (Å²) in [7, 11) is 1.68. The zero-order chi connectivity index (χ0) is 13.0. The smallest absolute Gasteiger partial charge is 0.133 e. The highest BCUT2D eigenvalue weighted by atomic mass is 79.9. The zero-order valence-electron chi connectivity index (χ0n) is 10.9. The summed E-state index contributed by atoms with van der Waals surface area (Å²) in [5.41, 5.74) is 7.22. The number of hydrogen-bond acceptors (Lipinski definition) is 3. The summed E-state index contributed by atoms with van der Waals surface area (Å²) >= 11 is 3.54. The van der Waals surface area contributed by atoms with Crippen LogP contribution in [0.25, 0.3) is 0 Å². The molecule has 4 heteroatoms. The van der Waals surface area contributed by atoms with Gasteiger partial charge in [0.15, 0.2) is 0 Å². The molecular formula is C14H21BrN2O. The molecule has 0 aromatic heterocycles. The van der Waals surface area contributed by atoms with Crippen molar-refractivity contribution in [1.29, 1.82) is 0 Å². The van der Waals surface area contributed by atoms with E-state index < -0.39 is 0 Å². The number of nitrogens with two attached hydrogens (primary N) is 1. The Bertz CT molecular complexity index is 391. The van der Waals surface area contributed by atoms with Crippen LogP contribution >= 0.6 is 15.9 Å². The second kappa shape index (κ2) is 6.55. The molecule has 1 aliphatic rings. The Morgan fingerprint density at radius 3 is 2.67 bits per heavy atom. The van der Waals surface area contributed by atoms with Crippen molar-refractivity contribution in [2.45, 2.75) is 18.8 Å². The van der Waals surface area contributed by atoms with Gasteiger partial charge in [-0.05, 0) is 59.6 Å². The second-order valence-corrected chi connectivity index (χ2v) is 5.69. The molecule has 0 spiro atoms. The number of hydrogen-bond donors (Lipinski definition) is 1. The van der Waals surface area contributed by atoms with E-state index in [2.05, 4.69) is 33.0 Å². The van der Waals surface area contributed by atoms with E-state index in [1.807, 2.05) is 6.07 Å². The third-order valence-electron chi connectivity index (χ3n) is 3.61. The molecular weight excluding hydrogens is 292 g/mol. The highest BCUT2D eigenvalue weighted by Gasteiger charge is 2.18. The number of nitrogens with zero attached hydrogens (tertiary/aromatic N) is 1. The van der Waals surface area contributed by atoms with Crippen molar-refractivity contribution in [3.63, 3.8) is 0 Å². The van der Waals surface area contributed by atoms with Crippen LogP contribution in [-0.4, -0.2) is 38.2 Å². The highest BCUT2D eigenvalue weighted by molar-refractivity contribution is 9.10. The van der Waals surface area contributed by atoms with Crippen LogP contribution in [0.4, 0.5) is 0 Å². The van der Waals surface area contributed by atoms with Crippen molar-refractivity contribution in [1.82, 2.24) is 4.90 Å². The van der Waals surface area contributed by atoms with Crippen LogP contribution in [0.2, 0.25) is 0 Å². The third-order valence-corrected chi connectivity index (χ3v) is 4.23. The highest BCUT2D eigenvalue weighted by Crippen LogP contribution is 2.29. The van der Waals surface area contributed by atoms with E-state index in [9.17, 15) is 0 Å². The van der Waals surface area contributed by atoms with E-state index in [4.69, 9.17) is 10.5 Å². The summed E-state index contributed by atoms with van der Waals surface area (Å²) < 4.78 is 6.26. The minimum atomic E-state index is 0.408.